The van der Waals surface area contributed by atoms with Gasteiger partial charge in [-0.2, -0.15) is 9.97 Å². The Labute approximate surface area is 166 Å². The summed E-state index contributed by atoms with van der Waals surface area (Å²) < 4.78 is 5.96. The summed E-state index contributed by atoms with van der Waals surface area (Å²) in [6.45, 7) is 8.31. The molecule has 0 bridgehead atoms. The summed E-state index contributed by atoms with van der Waals surface area (Å²) in [5.41, 5.74) is 0. The largest absolute Gasteiger partial charge is 0.439 e. The molecule has 1 saturated heterocycles. The second kappa shape index (κ2) is 8.99. The van der Waals surface area contributed by atoms with Gasteiger partial charge in [-0.3, -0.25) is 0 Å². The second-order valence-corrected chi connectivity index (χ2v) is 7.66. The van der Waals surface area contributed by atoms with Gasteiger partial charge in [0.25, 0.3) is 0 Å². The molecule has 0 saturated carbocycles. The van der Waals surface area contributed by atoms with Crippen molar-refractivity contribution >= 4 is 29.1 Å². The fraction of sp³-hybridized carbons (Fsp3) is 0.450. The molecule has 2 heterocycles. The van der Waals surface area contributed by atoms with E-state index in [-0.39, 0.29) is 6.04 Å². The highest BCUT2D eigenvalue weighted by atomic mass is 32.1. The maximum Gasteiger partial charge on any atom is 0.234 e. The Balaban J connectivity index is 1.85. The van der Waals surface area contributed by atoms with Crippen molar-refractivity contribution in [3.63, 3.8) is 0 Å². The molecular formula is C20H27N5OS. The van der Waals surface area contributed by atoms with Crippen molar-refractivity contribution < 1.29 is 4.74 Å². The standard InChI is InChI=1S/C20H27N5OS/c1-14(2)21-20(27)24-19-22-17(25-11-7-8-15(3)13-25)12-18(23-19)26-16-9-5-4-6-10-16/h4-6,9-10,12,14-15H,7-8,11,13H2,1-3H3,(H2,21,22,23,24,27). The number of benzene rings is 1. The molecule has 0 aliphatic carbocycles. The molecule has 1 aromatic heterocycles. The summed E-state index contributed by atoms with van der Waals surface area (Å²) in [4.78, 5) is 11.5. The van der Waals surface area contributed by atoms with E-state index in [1.807, 2.05) is 50.2 Å². The molecule has 1 fully saturated rings. The number of piperidine rings is 1. The van der Waals surface area contributed by atoms with E-state index in [1.54, 1.807) is 0 Å². The Morgan fingerprint density at radius 3 is 2.74 bits per heavy atom. The molecule has 1 atom stereocenters. The van der Waals surface area contributed by atoms with Gasteiger partial charge in [-0.05, 0) is 57.0 Å². The summed E-state index contributed by atoms with van der Waals surface area (Å²) in [6, 6.07) is 11.8. The fourth-order valence-corrected chi connectivity index (χ4v) is 3.42. The van der Waals surface area contributed by atoms with E-state index in [9.17, 15) is 0 Å². The number of rotatable bonds is 5. The Morgan fingerprint density at radius 1 is 1.26 bits per heavy atom. The lowest BCUT2D eigenvalue weighted by molar-refractivity contribution is 0.440. The smallest absolute Gasteiger partial charge is 0.234 e. The zero-order valence-corrected chi connectivity index (χ0v) is 16.9. The third-order valence-electron chi connectivity index (χ3n) is 4.28. The van der Waals surface area contributed by atoms with Gasteiger partial charge in [0.1, 0.15) is 11.6 Å². The first kappa shape index (κ1) is 19.4. The van der Waals surface area contributed by atoms with Crippen LogP contribution in [0.3, 0.4) is 0 Å². The number of nitrogens with one attached hydrogen (secondary N) is 2. The van der Waals surface area contributed by atoms with Crippen molar-refractivity contribution in [3.8, 4) is 11.6 Å². The molecule has 0 radical (unpaired) electrons. The van der Waals surface area contributed by atoms with Gasteiger partial charge in [-0.1, -0.05) is 25.1 Å². The van der Waals surface area contributed by atoms with E-state index >= 15 is 0 Å². The minimum Gasteiger partial charge on any atom is -0.439 e. The van der Waals surface area contributed by atoms with Gasteiger partial charge in [-0.25, -0.2) is 0 Å². The molecular weight excluding hydrogens is 358 g/mol. The predicted octanol–water partition coefficient (Wildman–Crippen LogP) is 4.20. The van der Waals surface area contributed by atoms with Crippen LogP contribution in [0.5, 0.6) is 11.6 Å². The lowest BCUT2D eigenvalue weighted by atomic mass is 10.0. The number of ether oxygens (including phenoxy) is 1. The first-order valence-electron chi connectivity index (χ1n) is 9.44. The summed E-state index contributed by atoms with van der Waals surface area (Å²) in [5, 5.41) is 6.73. The molecule has 144 valence electrons. The molecule has 0 amide bonds. The lowest BCUT2D eigenvalue weighted by Crippen LogP contribution is -2.36. The number of hydrogen-bond acceptors (Lipinski definition) is 5. The summed E-state index contributed by atoms with van der Waals surface area (Å²) in [5.74, 6) is 3.18. The molecule has 1 unspecified atom stereocenters. The average molecular weight is 386 g/mol. The van der Waals surface area contributed by atoms with E-state index in [4.69, 9.17) is 17.0 Å². The van der Waals surface area contributed by atoms with Crippen LogP contribution >= 0.6 is 12.2 Å². The first-order chi connectivity index (χ1) is 13.0. The zero-order chi connectivity index (χ0) is 19.2. The van der Waals surface area contributed by atoms with Crippen LogP contribution in [0.2, 0.25) is 0 Å². The number of thiocarbonyl (C=S) groups is 1. The molecule has 0 spiro atoms. The monoisotopic (exact) mass is 385 g/mol. The normalized spacial score (nSPS) is 16.9. The Morgan fingerprint density at radius 2 is 2.04 bits per heavy atom. The third kappa shape index (κ3) is 5.79. The summed E-state index contributed by atoms with van der Waals surface area (Å²) >= 11 is 5.35. The Hall–Kier alpha value is -2.41. The number of para-hydroxylation sites is 1. The number of nitrogens with zero attached hydrogens (tertiary/aromatic N) is 3. The Kier molecular flexibility index (Phi) is 6.45. The van der Waals surface area contributed by atoms with Crippen LogP contribution in [-0.4, -0.2) is 34.2 Å². The van der Waals surface area contributed by atoms with Crippen molar-refractivity contribution in [2.75, 3.05) is 23.3 Å². The van der Waals surface area contributed by atoms with Crippen LogP contribution in [0.15, 0.2) is 36.4 Å². The van der Waals surface area contributed by atoms with Crippen LogP contribution in [0.4, 0.5) is 11.8 Å². The van der Waals surface area contributed by atoms with Gasteiger partial charge in [0.15, 0.2) is 5.11 Å². The molecule has 1 aromatic carbocycles. The van der Waals surface area contributed by atoms with E-state index in [1.165, 1.54) is 6.42 Å². The van der Waals surface area contributed by atoms with Gasteiger partial charge in [0.05, 0.1) is 0 Å². The highest BCUT2D eigenvalue weighted by Crippen LogP contribution is 2.27. The fourth-order valence-electron chi connectivity index (χ4n) is 3.09. The van der Waals surface area contributed by atoms with Gasteiger partial charge in [0, 0.05) is 25.2 Å². The lowest BCUT2D eigenvalue weighted by Gasteiger charge is -2.32. The highest BCUT2D eigenvalue weighted by Gasteiger charge is 2.20. The quantitative estimate of drug-likeness (QED) is 0.748. The molecule has 2 N–H and O–H groups in total. The SMILES string of the molecule is CC1CCCN(c2cc(Oc3ccccc3)nc(NC(=S)NC(C)C)n2)C1. The van der Waals surface area contributed by atoms with Crippen molar-refractivity contribution in [1.29, 1.82) is 0 Å². The zero-order valence-electron chi connectivity index (χ0n) is 16.1. The number of anilines is 2. The molecule has 1 aliphatic rings. The molecule has 27 heavy (non-hydrogen) atoms. The number of hydrogen-bond donors (Lipinski definition) is 2. The highest BCUT2D eigenvalue weighted by molar-refractivity contribution is 7.80. The molecule has 3 rings (SSSR count). The van der Waals surface area contributed by atoms with E-state index in [0.29, 0.717) is 22.9 Å². The van der Waals surface area contributed by atoms with Crippen molar-refractivity contribution in [3.05, 3.63) is 36.4 Å². The maximum absolute atomic E-state index is 5.96. The van der Waals surface area contributed by atoms with Crippen LogP contribution in [0, 0.1) is 5.92 Å². The van der Waals surface area contributed by atoms with E-state index in [0.717, 1.165) is 31.1 Å². The average Bonchev–Trinajstić information content (AvgIpc) is 2.61. The second-order valence-electron chi connectivity index (χ2n) is 7.25. The number of aromatic nitrogens is 2. The van der Waals surface area contributed by atoms with Gasteiger partial charge in [-0.15, -0.1) is 0 Å². The van der Waals surface area contributed by atoms with Crippen LogP contribution in [0.25, 0.3) is 0 Å². The van der Waals surface area contributed by atoms with Crippen molar-refractivity contribution in [1.82, 2.24) is 15.3 Å². The molecule has 2 aromatic rings. The topological polar surface area (TPSA) is 62.3 Å². The molecule has 6 nitrogen and oxygen atoms in total. The van der Waals surface area contributed by atoms with Gasteiger partial charge >= 0.3 is 0 Å². The predicted molar refractivity (Wildman–Crippen MR) is 114 cm³/mol. The minimum absolute atomic E-state index is 0.233. The third-order valence-corrected chi connectivity index (χ3v) is 4.50. The maximum atomic E-state index is 5.96. The Bertz CT molecular complexity index is 768. The van der Waals surface area contributed by atoms with Crippen LogP contribution in [-0.2, 0) is 0 Å². The summed E-state index contributed by atoms with van der Waals surface area (Å²) in [7, 11) is 0. The van der Waals surface area contributed by atoms with Gasteiger partial charge < -0.3 is 20.3 Å². The van der Waals surface area contributed by atoms with E-state index < -0.39 is 0 Å². The minimum atomic E-state index is 0.233. The summed E-state index contributed by atoms with van der Waals surface area (Å²) in [6.07, 6.45) is 2.42. The van der Waals surface area contributed by atoms with Crippen molar-refractivity contribution in [2.24, 2.45) is 5.92 Å². The van der Waals surface area contributed by atoms with Crippen molar-refractivity contribution in [2.45, 2.75) is 39.7 Å². The molecule has 7 heteroatoms. The first-order valence-corrected chi connectivity index (χ1v) is 9.85. The van der Waals surface area contributed by atoms with Gasteiger partial charge in [0.2, 0.25) is 11.8 Å². The van der Waals surface area contributed by atoms with E-state index in [2.05, 4.69) is 32.4 Å². The van der Waals surface area contributed by atoms with Crippen LogP contribution in [0.1, 0.15) is 33.6 Å². The van der Waals surface area contributed by atoms with Crippen LogP contribution < -0.4 is 20.3 Å². The molecule has 1 aliphatic heterocycles.